The number of anilines is 1. The van der Waals surface area contributed by atoms with E-state index in [-0.39, 0.29) is 18.4 Å². The van der Waals surface area contributed by atoms with Crippen molar-refractivity contribution in [1.82, 2.24) is 5.32 Å². The van der Waals surface area contributed by atoms with Gasteiger partial charge in [0.2, 0.25) is 0 Å². The number of carbonyl (C=O) groups excluding carboxylic acids is 1. The minimum atomic E-state index is -0.827. The quantitative estimate of drug-likeness (QED) is 0.751. The van der Waals surface area contributed by atoms with Crippen LogP contribution >= 0.6 is 11.6 Å². The van der Waals surface area contributed by atoms with E-state index in [1.54, 1.807) is 24.3 Å². The largest absolute Gasteiger partial charge is 0.481 e. The molecule has 0 aliphatic heterocycles. The van der Waals surface area contributed by atoms with E-state index >= 15 is 0 Å². The predicted molar refractivity (Wildman–Crippen MR) is 74.5 cm³/mol. The highest BCUT2D eigenvalue weighted by Gasteiger charge is 2.08. The van der Waals surface area contributed by atoms with Crippen LogP contribution in [0.4, 0.5) is 10.5 Å². The molecule has 1 aromatic carbocycles. The molecule has 5 nitrogen and oxygen atoms in total. The molecule has 1 aromatic rings. The lowest BCUT2D eigenvalue weighted by atomic mass is 10.1. The third kappa shape index (κ3) is 6.10. The number of hydrogen-bond acceptors (Lipinski definition) is 2. The average molecular weight is 285 g/mol. The number of nitrogens with one attached hydrogen (secondary N) is 2. The lowest BCUT2D eigenvalue weighted by Crippen LogP contribution is -2.32. The van der Waals surface area contributed by atoms with Crippen molar-refractivity contribution in [3.63, 3.8) is 0 Å². The summed E-state index contributed by atoms with van der Waals surface area (Å²) >= 11 is 5.91. The summed E-state index contributed by atoms with van der Waals surface area (Å²) in [6, 6.07) is 6.59. The number of urea groups is 1. The molecule has 0 saturated carbocycles. The van der Waals surface area contributed by atoms with Gasteiger partial charge in [-0.25, -0.2) is 4.79 Å². The molecule has 0 radical (unpaired) electrons. The molecule has 0 aromatic heterocycles. The van der Waals surface area contributed by atoms with Gasteiger partial charge in [-0.15, -0.1) is 0 Å². The van der Waals surface area contributed by atoms with Crippen molar-refractivity contribution in [2.45, 2.75) is 19.8 Å². The molecular weight excluding hydrogens is 268 g/mol. The lowest BCUT2D eigenvalue weighted by molar-refractivity contribution is -0.137. The van der Waals surface area contributed by atoms with E-state index in [9.17, 15) is 9.59 Å². The normalized spacial score (nSPS) is 11.7. The van der Waals surface area contributed by atoms with Crippen LogP contribution in [0.5, 0.6) is 0 Å². The van der Waals surface area contributed by atoms with Gasteiger partial charge in [0.15, 0.2) is 0 Å². The van der Waals surface area contributed by atoms with Crippen LogP contribution in [0.3, 0.4) is 0 Å². The van der Waals surface area contributed by atoms with Crippen LogP contribution in [0.15, 0.2) is 24.3 Å². The number of carbonyl (C=O) groups is 2. The Hall–Kier alpha value is -1.75. The maximum Gasteiger partial charge on any atom is 0.319 e. The molecule has 0 aliphatic rings. The zero-order chi connectivity index (χ0) is 14.3. The average Bonchev–Trinajstić information content (AvgIpc) is 2.36. The first-order chi connectivity index (χ1) is 8.99. The number of halogens is 1. The van der Waals surface area contributed by atoms with Gasteiger partial charge in [0.05, 0.1) is 10.7 Å². The molecule has 0 spiro atoms. The molecule has 1 unspecified atom stereocenters. The highest BCUT2D eigenvalue weighted by Crippen LogP contribution is 2.20. The van der Waals surface area contributed by atoms with Gasteiger partial charge in [-0.05, 0) is 24.5 Å². The summed E-state index contributed by atoms with van der Waals surface area (Å²) in [4.78, 5) is 22.0. The molecule has 19 heavy (non-hydrogen) atoms. The second kappa shape index (κ2) is 7.63. The fourth-order valence-electron chi connectivity index (χ4n) is 1.47. The maximum atomic E-state index is 11.6. The highest BCUT2D eigenvalue weighted by molar-refractivity contribution is 6.33. The molecule has 104 valence electrons. The summed E-state index contributed by atoms with van der Waals surface area (Å²) in [5.74, 6) is -0.722. The van der Waals surface area contributed by atoms with Gasteiger partial charge in [0.1, 0.15) is 0 Å². The number of benzene rings is 1. The van der Waals surface area contributed by atoms with Crippen LogP contribution in [-0.2, 0) is 4.79 Å². The number of carboxylic acids is 1. The highest BCUT2D eigenvalue weighted by atomic mass is 35.5. The fraction of sp³-hybridized carbons (Fsp3) is 0.385. The van der Waals surface area contributed by atoms with Gasteiger partial charge < -0.3 is 15.7 Å². The van der Waals surface area contributed by atoms with Crippen molar-refractivity contribution in [1.29, 1.82) is 0 Å². The van der Waals surface area contributed by atoms with E-state index in [4.69, 9.17) is 16.7 Å². The van der Waals surface area contributed by atoms with Crippen LogP contribution < -0.4 is 10.6 Å². The number of amides is 2. The number of carboxylic acid groups (broad SMARTS) is 1. The summed E-state index contributed by atoms with van der Waals surface area (Å²) in [6.07, 6.45) is 0.636. The second-order valence-corrected chi connectivity index (χ2v) is 4.76. The Morgan fingerprint density at radius 1 is 1.37 bits per heavy atom. The minimum Gasteiger partial charge on any atom is -0.481 e. The predicted octanol–water partition coefficient (Wildman–Crippen LogP) is 2.96. The van der Waals surface area contributed by atoms with Crippen LogP contribution in [0.2, 0.25) is 5.02 Å². The smallest absolute Gasteiger partial charge is 0.319 e. The molecule has 0 fully saturated rings. The van der Waals surface area contributed by atoms with Crippen molar-refractivity contribution in [3.8, 4) is 0 Å². The van der Waals surface area contributed by atoms with Crippen molar-refractivity contribution in [2.75, 3.05) is 11.9 Å². The van der Waals surface area contributed by atoms with Crippen molar-refractivity contribution in [2.24, 2.45) is 5.92 Å². The number of rotatable bonds is 6. The third-order valence-electron chi connectivity index (χ3n) is 2.58. The lowest BCUT2D eigenvalue weighted by Gasteiger charge is -2.12. The molecule has 0 aliphatic carbocycles. The van der Waals surface area contributed by atoms with E-state index in [2.05, 4.69) is 10.6 Å². The number of hydrogen-bond donors (Lipinski definition) is 3. The van der Waals surface area contributed by atoms with Gasteiger partial charge in [-0.2, -0.15) is 0 Å². The first kappa shape index (κ1) is 15.3. The first-order valence-corrected chi connectivity index (χ1v) is 6.38. The van der Waals surface area contributed by atoms with E-state index < -0.39 is 5.97 Å². The maximum absolute atomic E-state index is 11.6. The monoisotopic (exact) mass is 284 g/mol. The van der Waals surface area contributed by atoms with Gasteiger partial charge in [0.25, 0.3) is 0 Å². The standard InChI is InChI=1S/C13H17ClN2O3/c1-9(6-7-12(17)18)8-15-13(19)16-11-5-3-2-4-10(11)14/h2-5,9H,6-8H2,1H3,(H,17,18)(H2,15,16,19). The first-order valence-electron chi connectivity index (χ1n) is 6.00. The minimum absolute atomic E-state index is 0.105. The van der Waals surface area contributed by atoms with Crippen molar-refractivity contribution in [3.05, 3.63) is 29.3 Å². The van der Waals surface area contributed by atoms with E-state index in [0.717, 1.165) is 0 Å². The summed E-state index contributed by atoms with van der Waals surface area (Å²) in [5.41, 5.74) is 0.542. The molecule has 0 heterocycles. The molecule has 0 bridgehead atoms. The molecule has 1 atom stereocenters. The van der Waals surface area contributed by atoms with Crippen LogP contribution in [0.25, 0.3) is 0 Å². The van der Waals surface area contributed by atoms with E-state index in [1.807, 2.05) is 6.92 Å². The topological polar surface area (TPSA) is 78.4 Å². The summed E-state index contributed by atoms with van der Waals surface area (Å²) in [7, 11) is 0. The second-order valence-electron chi connectivity index (χ2n) is 4.35. The van der Waals surface area contributed by atoms with E-state index in [0.29, 0.717) is 23.7 Å². The van der Waals surface area contributed by atoms with Gasteiger partial charge in [0, 0.05) is 13.0 Å². The van der Waals surface area contributed by atoms with Crippen molar-refractivity contribution >= 4 is 29.3 Å². The Labute approximate surface area is 117 Å². The zero-order valence-electron chi connectivity index (χ0n) is 10.6. The molecule has 0 saturated heterocycles. The van der Waals surface area contributed by atoms with Gasteiger partial charge >= 0.3 is 12.0 Å². The summed E-state index contributed by atoms with van der Waals surface area (Å²) in [5, 5.41) is 14.3. The Morgan fingerprint density at radius 2 is 2.05 bits per heavy atom. The SMILES string of the molecule is CC(CCC(=O)O)CNC(=O)Nc1ccccc1Cl. The van der Waals surface area contributed by atoms with Crippen molar-refractivity contribution < 1.29 is 14.7 Å². The molecule has 6 heteroatoms. The van der Waals surface area contributed by atoms with Gasteiger partial charge in [-0.1, -0.05) is 30.7 Å². The van der Waals surface area contributed by atoms with Crippen LogP contribution in [0, 0.1) is 5.92 Å². The molecule has 2 amide bonds. The Bertz CT molecular complexity index is 451. The molecular formula is C13H17ClN2O3. The fourth-order valence-corrected chi connectivity index (χ4v) is 1.65. The molecule has 1 rings (SSSR count). The Balaban J connectivity index is 2.32. The zero-order valence-corrected chi connectivity index (χ0v) is 11.4. The molecule has 3 N–H and O–H groups in total. The number of para-hydroxylation sites is 1. The Morgan fingerprint density at radius 3 is 2.68 bits per heavy atom. The van der Waals surface area contributed by atoms with Crippen LogP contribution in [0.1, 0.15) is 19.8 Å². The van der Waals surface area contributed by atoms with Gasteiger partial charge in [-0.3, -0.25) is 4.79 Å². The van der Waals surface area contributed by atoms with E-state index in [1.165, 1.54) is 0 Å². The summed E-state index contributed by atoms with van der Waals surface area (Å²) in [6.45, 7) is 2.31. The summed E-state index contributed by atoms with van der Waals surface area (Å²) < 4.78 is 0. The Kier molecular flexibility index (Phi) is 6.15. The number of aliphatic carboxylic acids is 1. The van der Waals surface area contributed by atoms with Crippen LogP contribution in [-0.4, -0.2) is 23.7 Å². The third-order valence-corrected chi connectivity index (χ3v) is 2.91.